The van der Waals surface area contributed by atoms with Crippen molar-refractivity contribution in [1.82, 2.24) is 0 Å². The summed E-state index contributed by atoms with van der Waals surface area (Å²) in [7, 11) is 0. The minimum Gasteiger partial charge on any atom is -0.462 e. The highest BCUT2D eigenvalue weighted by Crippen LogP contribution is 2.39. The molecule has 4 rings (SSSR count). The van der Waals surface area contributed by atoms with Crippen LogP contribution in [0.5, 0.6) is 0 Å². The first kappa shape index (κ1) is 22.3. The number of amides is 2. The molecule has 9 heteroatoms. The summed E-state index contributed by atoms with van der Waals surface area (Å²) in [4.78, 5) is 42.7. The maximum absolute atomic E-state index is 13.2. The number of rotatable bonds is 6. The minimum atomic E-state index is -0.686. The molecule has 32 heavy (non-hydrogen) atoms. The number of nitrogens with one attached hydrogen (secondary N) is 1. The molecule has 2 fully saturated rings. The molecule has 0 radical (unpaired) electrons. The van der Waals surface area contributed by atoms with Crippen LogP contribution in [0.3, 0.4) is 0 Å². The van der Waals surface area contributed by atoms with Gasteiger partial charge >= 0.3 is 5.97 Å². The van der Waals surface area contributed by atoms with Gasteiger partial charge in [-0.05, 0) is 50.6 Å². The smallest absolute Gasteiger partial charge is 0.341 e. The van der Waals surface area contributed by atoms with Gasteiger partial charge < -0.3 is 19.7 Å². The Morgan fingerprint density at radius 3 is 2.53 bits per heavy atom. The van der Waals surface area contributed by atoms with Gasteiger partial charge in [0.2, 0.25) is 5.91 Å². The topological polar surface area (TPSA) is 88.2 Å². The largest absolute Gasteiger partial charge is 0.462 e. The second-order valence-electron chi connectivity index (χ2n) is 7.80. The van der Waals surface area contributed by atoms with E-state index in [1.807, 2.05) is 31.2 Å². The number of hydrogen-bond donors (Lipinski definition) is 1. The van der Waals surface area contributed by atoms with Gasteiger partial charge in [0.25, 0.3) is 5.91 Å². The summed E-state index contributed by atoms with van der Waals surface area (Å²) >= 11 is 1.27. The van der Waals surface area contributed by atoms with Gasteiger partial charge in [-0.2, -0.15) is 0 Å². The molecule has 2 aromatic rings. The molecule has 2 saturated heterocycles. The van der Waals surface area contributed by atoms with E-state index in [-0.39, 0.29) is 24.8 Å². The number of esters is 1. The third-order valence-electron chi connectivity index (χ3n) is 5.78. The highest BCUT2D eigenvalue weighted by atomic mass is 32.1. The van der Waals surface area contributed by atoms with Gasteiger partial charge in [0, 0.05) is 29.3 Å². The fraction of sp³-hybridized carbons (Fsp3) is 0.435. The normalized spacial score (nSPS) is 18.9. The highest BCUT2D eigenvalue weighted by molar-refractivity contribution is 7.17. The molecule has 0 bridgehead atoms. The van der Waals surface area contributed by atoms with E-state index < -0.39 is 12.0 Å². The second-order valence-corrected chi connectivity index (χ2v) is 9.00. The predicted octanol–water partition coefficient (Wildman–Crippen LogP) is 3.12. The molecule has 0 spiro atoms. The van der Waals surface area contributed by atoms with Crippen molar-refractivity contribution in [3.8, 4) is 0 Å². The molecular weight excluding hydrogens is 430 g/mol. The quantitative estimate of drug-likeness (QED) is 0.527. The van der Waals surface area contributed by atoms with Gasteiger partial charge in [-0.3, -0.25) is 9.59 Å². The fourth-order valence-electron chi connectivity index (χ4n) is 3.96. The van der Waals surface area contributed by atoms with Crippen molar-refractivity contribution in [2.24, 2.45) is 0 Å². The summed E-state index contributed by atoms with van der Waals surface area (Å²) in [5.74, 6) is -1.21. The molecule has 2 amide bonds. The highest BCUT2D eigenvalue weighted by Gasteiger charge is 2.42. The van der Waals surface area contributed by atoms with Crippen LogP contribution in [0.4, 0.5) is 16.4 Å². The van der Waals surface area contributed by atoms with Crippen molar-refractivity contribution >= 4 is 45.5 Å². The van der Waals surface area contributed by atoms with Gasteiger partial charge in [-0.15, -0.1) is 11.3 Å². The molecule has 1 unspecified atom stereocenters. The average molecular weight is 458 g/mol. The van der Waals surface area contributed by atoms with E-state index in [0.29, 0.717) is 23.8 Å². The maximum atomic E-state index is 13.2. The molecular formula is C23H27N3O5S. The summed E-state index contributed by atoms with van der Waals surface area (Å²) in [6, 6.07) is 7.13. The zero-order valence-corrected chi connectivity index (χ0v) is 19.3. The number of thiophene rings is 1. The van der Waals surface area contributed by atoms with Crippen LogP contribution in [-0.2, 0) is 19.1 Å². The third-order valence-corrected chi connectivity index (χ3v) is 6.97. The number of ether oxygens (including phenoxy) is 2. The number of aryl methyl sites for hydroxylation is 1. The van der Waals surface area contributed by atoms with Crippen LogP contribution in [0, 0.1) is 13.8 Å². The van der Waals surface area contributed by atoms with E-state index >= 15 is 0 Å². The summed E-state index contributed by atoms with van der Waals surface area (Å²) < 4.78 is 10.6. The Morgan fingerprint density at radius 1 is 1.19 bits per heavy atom. The van der Waals surface area contributed by atoms with Crippen molar-refractivity contribution in [2.75, 3.05) is 48.0 Å². The van der Waals surface area contributed by atoms with Gasteiger partial charge in [-0.25, -0.2) is 9.69 Å². The second kappa shape index (κ2) is 9.30. The fourth-order valence-corrected chi connectivity index (χ4v) is 5.13. The number of benzene rings is 1. The van der Waals surface area contributed by atoms with Crippen molar-refractivity contribution < 1.29 is 23.9 Å². The Bertz CT molecular complexity index is 1030. The third kappa shape index (κ3) is 4.22. The summed E-state index contributed by atoms with van der Waals surface area (Å²) in [6.07, 6.45) is 0.0301. The number of hydrogen-bond acceptors (Lipinski definition) is 8. The number of nitrogens with zero attached hydrogens (tertiary/aromatic N) is 2. The van der Waals surface area contributed by atoms with Gasteiger partial charge in [-0.1, -0.05) is 0 Å². The maximum Gasteiger partial charge on any atom is 0.341 e. The lowest BCUT2D eigenvalue weighted by atomic mass is 10.1. The Labute approximate surface area is 191 Å². The summed E-state index contributed by atoms with van der Waals surface area (Å²) in [5.41, 5.74) is 2.89. The minimum absolute atomic E-state index is 0.0301. The molecule has 1 aromatic carbocycles. The van der Waals surface area contributed by atoms with Crippen LogP contribution in [0.25, 0.3) is 0 Å². The van der Waals surface area contributed by atoms with E-state index in [4.69, 9.17) is 9.47 Å². The monoisotopic (exact) mass is 457 g/mol. The van der Waals surface area contributed by atoms with Crippen LogP contribution in [-0.4, -0.2) is 56.7 Å². The van der Waals surface area contributed by atoms with Gasteiger partial charge in [0.05, 0.1) is 31.8 Å². The number of carbonyl (C=O) groups excluding carboxylic acids is 3. The van der Waals surface area contributed by atoms with E-state index in [9.17, 15) is 14.4 Å². The number of anilines is 3. The van der Waals surface area contributed by atoms with Crippen molar-refractivity contribution in [1.29, 1.82) is 0 Å². The Hall–Kier alpha value is -2.91. The van der Waals surface area contributed by atoms with E-state index in [2.05, 4.69) is 10.2 Å². The lowest BCUT2D eigenvalue weighted by Gasteiger charge is -2.29. The molecule has 0 saturated carbocycles. The van der Waals surface area contributed by atoms with Crippen molar-refractivity contribution in [3.05, 3.63) is 40.3 Å². The first-order valence-corrected chi connectivity index (χ1v) is 11.6. The molecule has 8 nitrogen and oxygen atoms in total. The lowest BCUT2D eigenvalue weighted by molar-refractivity contribution is -0.121. The Kier molecular flexibility index (Phi) is 6.48. The standard InChI is InChI=1S/C23H27N3O5S/c1-4-31-23(29)20-14(2)15(3)32-22(20)26-19(27)13-18(21(26)28)24-16-5-7-17(8-6-16)25-9-11-30-12-10-25/h5-8,18,24H,4,9-13H2,1-3H3. The van der Waals surface area contributed by atoms with Crippen LogP contribution >= 0.6 is 11.3 Å². The number of imide groups is 1. The van der Waals surface area contributed by atoms with E-state index in [1.54, 1.807) is 13.8 Å². The molecule has 170 valence electrons. The van der Waals surface area contributed by atoms with Crippen LogP contribution in [0.2, 0.25) is 0 Å². The van der Waals surface area contributed by atoms with Gasteiger partial charge in [0.1, 0.15) is 11.0 Å². The van der Waals surface area contributed by atoms with E-state index in [1.165, 1.54) is 11.3 Å². The summed E-state index contributed by atoms with van der Waals surface area (Å²) in [5, 5.41) is 3.53. The van der Waals surface area contributed by atoms with Crippen LogP contribution < -0.4 is 15.1 Å². The van der Waals surface area contributed by atoms with Crippen LogP contribution in [0.1, 0.15) is 34.1 Å². The summed E-state index contributed by atoms with van der Waals surface area (Å²) in [6.45, 7) is 8.73. The first-order chi connectivity index (χ1) is 15.4. The van der Waals surface area contributed by atoms with Crippen molar-refractivity contribution in [2.45, 2.75) is 33.2 Å². The zero-order chi connectivity index (χ0) is 22.8. The molecule has 1 aromatic heterocycles. The Morgan fingerprint density at radius 2 is 1.88 bits per heavy atom. The molecule has 3 heterocycles. The number of morpholine rings is 1. The Balaban J connectivity index is 1.51. The van der Waals surface area contributed by atoms with E-state index in [0.717, 1.165) is 39.8 Å². The molecule has 2 aliphatic heterocycles. The lowest BCUT2D eigenvalue weighted by Crippen LogP contribution is -2.36. The number of carbonyl (C=O) groups is 3. The van der Waals surface area contributed by atoms with Crippen LogP contribution in [0.15, 0.2) is 24.3 Å². The van der Waals surface area contributed by atoms with Crippen molar-refractivity contribution in [3.63, 3.8) is 0 Å². The molecule has 2 aliphatic rings. The van der Waals surface area contributed by atoms with Gasteiger partial charge in [0.15, 0.2) is 0 Å². The first-order valence-electron chi connectivity index (χ1n) is 10.7. The predicted molar refractivity (Wildman–Crippen MR) is 124 cm³/mol. The molecule has 1 atom stereocenters. The average Bonchev–Trinajstić information content (AvgIpc) is 3.23. The molecule has 1 N–H and O–H groups in total. The zero-order valence-electron chi connectivity index (χ0n) is 18.5. The molecule has 0 aliphatic carbocycles. The SMILES string of the molecule is CCOC(=O)c1c(N2C(=O)CC(Nc3ccc(N4CCOCC4)cc3)C2=O)sc(C)c1C.